The molecule has 0 bridgehead atoms. The fourth-order valence-electron chi connectivity index (χ4n) is 2.29. The molecule has 1 aromatic carbocycles. The molecule has 1 aliphatic rings. The van der Waals surface area contributed by atoms with Gasteiger partial charge in [0.15, 0.2) is 12.4 Å². The first kappa shape index (κ1) is 15.2. The van der Waals surface area contributed by atoms with Gasteiger partial charge in [0, 0.05) is 5.69 Å². The number of rotatable bonds is 5. The molecule has 23 heavy (non-hydrogen) atoms. The maximum atomic E-state index is 11.8. The topological polar surface area (TPSA) is 103 Å². The number of carbonyl (C=O) groups is 1. The lowest BCUT2D eigenvalue weighted by Crippen LogP contribution is -2.12. The zero-order valence-electron chi connectivity index (χ0n) is 13.1. The normalized spacial score (nSPS) is 19.2. The molecule has 0 amide bonds. The zero-order valence-corrected chi connectivity index (χ0v) is 13.1. The minimum atomic E-state index is -0.204. The van der Waals surface area contributed by atoms with Gasteiger partial charge in [0.05, 0.1) is 5.92 Å². The van der Waals surface area contributed by atoms with Gasteiger partial charge in [0.2, 0.25) is 11.9 Å². The van der Waals surface area contributed by atoms with Crippen LogP contribution in [-0.4, -0.2) is 20.9 Å². The Morgan fingerprint density at radius 1 is 1.35 bits per heavy atom. The third-order valence-corrected chi connectivity index (χ3v) is 3.85. The number of anilines is 3. The van der Waals surface area contributed by atoms with Crippen molar-refractivity contribution in [1.82, 2.24) is 15.0 Å². The van der Waals surface area contributed by atoms with Gasteiger partial charge in [-0.2, -0.15) is 15.0 Å². The molecule has 1 aliphatic carbocycles. The first-order chi connectivity index (χ1) is 11.0. The summed E-state index contributed by atoms with van der Waals surface area (Å²) in [6, 6.07) is 7.77. The largest absolute Gasteiger partial charge is 0.457 e. The number of hydrogen-bond donors (Lipinski definition) is 2. The van der Waals surface area contributed by atoms with Crippen LogP contribution in [-0.2, 0) is 16.1 Å². The van der Waals surface area contributed by atoms with Gasteiger partial charge in [-0.1, -0.05) is 25.1 Å². The standard InChI is InChI=1S/C16H19N5O2/c1-9-5-3-4-6-12(9)18-16-20-13(19-15(17)21-16)8-23-14(22)11-7-10(11)2/h3-6,10-11H,7-8H2,1-2H3,(H3,17,18,19,20,21)/t10-,11-/m0/s1. The Morgan fingerprint density at radius 3 is 2.78 bits per heavy atom. The number of aryl methyl sites for hydroxylation is 1. The van der Waals surface area contributed by atoms with Crippen LogP contribution in [0.2, 0.25) is 0 Å². The van der Waals surface area contributed by atoms with E-state index in [9.17, 15) is 4.79 Å². The molecule has 1 heterocycles. The van der Waals surface area contributed by atoms with Crippen LogP contribution in [0.5, 0.6) is 0 Å². The quantitative estimate of drug-likeness (QED) is 0.816. The van der Waals surface area contributed by atoms with Crippen molar-refractivity contribution in [2.45, 2.75) is 26.9 Å². The Balaban J connectivity index is 1.69. The van der Waals surface area contributed by atoms with E-state index in [-0.39, 0.29) is 24.4 Å². The van der Waals surface area contributed by atoms with Crippen molar-refractivity contribution in [3.8, 4) is 0 Å². The summed E-state index contributed by atoms with van der Waals surface area (Å²) in [4.78, 5) is 24.1. The summed E-state index contributed by atoms with van der Waals surface area (Å²) < 4.78 is 5.23. The lowest BCUT2D eigenvalue weighted by molar-refractivity contribution is -0.147. The van der Waals surface area contributed by atoms with Crippen molar-refractivity contribution in [3.63, 3.8) is 0 Å². The highest BCUT2D eigenvalue weighted by molar-refractivity contribution is 5.75. The van der Waals surface area contributed by atoms with Crippen LogP contribution in [0.25, 0.3) is 0 Å². The lowest BCUT2D eigenvalue weighted by Gasteiger charge is -2.09. The second-order valence-electron chi connectivity index (χ2n) is 5.80. The minimum Gasteiger partial charge on any atom is -0.457 e. The number of benzene rings is 1. The van der Waals surface area contributed by atoms with Crippen molar-refractivity contribution in [1.29, 1.82) is 0 Å². The molecule has 120 valence electrons. The fourth-order valence-corrected chi connectivity index (χ4v) is 2.29. The van der Waals surface area contributed by atoms with E-state index in [0.29, 0.717) is 17.7 Å². The molecule has 7 heteroatoms. The van der Waals surface area contributed by atoms with Gasteiger partial charge in [-0.3, -0.25) is 4.79 Å². The number of para-hydroxylation sites is 1. The average Bonchev–Trinajstić information content (AvgIpc) is 3.24. The van der Waals surface area contributed by atoms with E-state index >= 15 is 0 Å². The van der Waals surface area contributed by atoms with Crippen molar-refractivity contribution in [3.05, 3.63) is 35.7 Å². The Hall–Kier alpha value is -2.70. The fraction of sp³-hybridized carbons (Fsp3) is 0.375. The van der Waals surface area contributed by atoms with Crippen LogP contribution in [0.1, 0.15) is 24.7 Å². The van der Waals surface area contributed by atoms with Gasteiger partial charge >= 0.3 is 5.97 Å². The molecule has 0 radical (unpaired) electrons. The number of nitrogens with one attached hydrogen (secondary N) is 1. The monoisotopic (exact) mass is 313 g/mol. The summed E-state index contributed by atoms with van der Waals surface area (Å²) in [6.07, 6.45) is 0.887. The van der Waals surface area contributed by atoms with Gasteiger partial charge in [0.1, 0.15) is 0 Å². The molecule has 1 aromatic heterocycles. The first-order valence-electron chi connectivity index (χ1n) is 7.52. The van der Waals surface area contributed by atoms with E-state index < -0.39 is 0 Å². The molecule has 0 aliphatic heterocycles. The van der Waals surface area contributed by atoms with Crippen molar-refractivity contribution in [2.24, 2.45) is 11.8 Å². The second kappa shape index (κ2) is 6.20. The van der Waals surface area contributed by atoms with Crippen molar-refractivity contribution < 1.29 is 9.53 Å². The first-order valence-corrected chi connectivity index (χ1v) is 7.52. The van der Waals surface area contributed by atoms with Crippen LogP contribution in [0, 0.1) is 18.8 Å². The summed E-state index contributed by atoms with van der Waals surface area (Å²) in [6.45, 7) is 4.00. The predicted octanol–water partition coefficient (Wildman–Crippen LogP) is 2.21. The van der Waals surface area contributed by atoms with Gasteiger partial charge in [-0.15, -0.1) is 0 Å². The molecule has 7 nitrogen and oxygen atoms in total. The Bertz CT molecular complexity index is 734. The van der Waals surface area contributed by atoms with E-state index in [1.165, 1.54) is 0 Å². The van der Waals surface area contributed by atoms with Gasteiger partial charge in [-0.05, 0) is 30.9 Å². The van der Waals surface area contributed by atoms with Gasteiger partial charge in [-0.25, -0.2) is 0 Å². The Morgan fingerprint density at radius 2 is 2.09 bits per heavy atom. The highest BCUT2D eigenvalue weighted by Gasteiger charge is 2.40. The third-order valence-electron chi connectivity index (χ3n) is 3.85. The lowest BCUT2D eigenvalue weighted by atomic mass is 10.2. The number of carbonyl (C=O) groups excluding carboxylic acids is 1. The molecular weight excluding hydrogens is 294 g/mol. The van der Waals surface area contributed by atoms with E-state index in [1.807, 2.05) is 38.1 Å². The summed E-state index contributed by atoms with van der Waals surface area (Å²) in [5.41, 5.74) is 7.65. The number of nitrogens with zero attached hydrogens (tertiary/aromatic N) is 3. The van der Waals surface area contributed by atoms with E-state index in [4.69, 9.17) is 10.5 Å². The smallest absolute Gasteiger partial charge is 0.309 e. The molecule has 0 spiro atoms. The molecule has 0 saturated heterocycles. The molecule has 3 rings (SSSR count). The summed E-state index contributed by atoms with van der Waals surface area (Å²) >= 11 is 0. The zero-order chi connectivity index (χ0) is 16.4. The van der Waals surface area contributed by atoms with Crippen molar-refractivity contribution >= 4 is 23.6 Å². The summed E-state index contributed by atoms with van der Waals surface area (Å²) in [5, 5.41) is 3.10. The molecule has 3 N–H and O–H groups in total. The van der Waals surface area contributed by atoms with E-state index in [0.717, 1.165) is 17.7 Å². The third kappa shape index (κ3) is 3.74. The Kier molecular flexibility index (Phi) is 4.10. The molecular formula is C16H19N5O2. The Labute approximate surface area is 134 Å². The number of nitrogens with two attached hydrogens (primary N) is 1. The van der Waals surface area contributed by atoms with Gasteiger partial charge in [0.25, 0.3) is 0 Å². The molecule has 2 atom stereocenters. The predicted molar refractivity (Wildman–Crippen MR) is 85.8 cm³/mol. The SMILES string of the molecule is Cc1ccccc1Nc1nc(N)nc(COC(=O)[C@H]2C[C@@H]2C)n1. The van der Waals surface area contributed by atoms with Crippen LogP contribution in [0.15, 0.2) is 24.3 Å². The second-order valence-corrected chi connectivity index (χ2v) is 5.80. The highest BCUT2D eigenvalue weighted by Crippen LogP contribution is 2.38. The van der Waals surface area contributed by atoms with Crippen LogP contribution in [0.3, 0.4) is 0 Å². The maximum absolute atomic E-state index is 11.8. The van der Waals surface area contributed by atoms with Crippen LogP contribution in [0.4, 0.5) is 17.6 Å². The number of nitrogen functional groups attached to an aromatic ring is 1. The molecule has 1 fully saturated rings. The van der Waals surface area contributed by atoms with Crippen LogP contribution < -0.4 is 11.1 Å². The summed E-state index contributed by atoms with van der Waals surface area (Å²) in [7, 11) is 0. The minimum absolute atomic E-state index is 0.00275. The molecule has 1 saturated carbocycles. The number of ether oxygens (including phenoxy) is 1. The number of esters is 1. The maximum Gasteiger partial charge on any atom is 0.309 e. The van der Waals surface area contributed by atoms with Crippen LogP contribution >= 0.6 is 0 Å². The average molecular weight is 313 g/mol. The molecule has 2 aromatic rings. The number of aromatic nitrogens is 3. The van der Waals surface area contributed by atoms with Crippen molar-refractivity contribution in [2.75, 3.05) is 11.1 Å². The summed E-state index contributed by atoms with van der Waals surface area (Å²) in [5.74, 6) is 0.961. The number of hydrogen-bond acceptors (Lipinski definition) is 7. The highest BCUT2D eigenvalue weighted by atomic mass is 16.5. The van der Waals surface area contributed by atoms with Gasteiger partial charge < -0.3 is 15.8 Å². The van der Waals surface area contributed by atoms with E-state index in [1.54, 1.807) is 0 Å². The molecule has 0 unspecified atom stereocenters. The van der Waals surface area contributed by atoms with E-state index in [2.05, 4.69) is 20.3 Å².